The molecular weight excluding hydrogens is 259 g/mol. The molecule has 1 aromatic rings. The van der Waals surface area contributed by atoms with Crippen molar-refractivity contribution in [3.05, 3.63) is 24.0 Å². The number of nitrogens with two attached hydrogens (primary N) is 1. The van der Waals surface area contributed by atoms with E-state index in [1.807, 2.05) is 0 Å². The molecule has 4 N–H and O–H groups in total. The van der Waals surface area contributed by atoms with Gasteiger partial charge in [-0.3, -0.25) is 4.79 Å². The Hall–Kier alpha value is -1.62. The Morgan fingerprint density at radius 2 is 2.15 bits per heavy atom. The third kappa shape index (κ3) is 5.57. The van der Waals surface area contributed by atoms with E-state index in [2.05, 4.69) is 12.2 Å². The molecule has 4 nitrogen and oxygen atoms in total. The predicted molar refractivity (Wildman–Crippen MR) is 78.0 cm³/mol. The average Bonchev–Trinajstić information content (AvgIpc) is 2.41. The van der Waals surface area contributed by atoms with E-state index in [0.29, 0.717) is 24.6 Å². The highest BCUT2D eigenvalue weighted by atomic mass is 19.1. The maximum absolute atomic E-state index is 13.1. The van der Waals surface area contributed by atoms with Crippen molar-refractivity contribution in [3.63, 3.8) is 0 Å². The van der Waals surface area contributed by atoms with Gasteiger partial charge in [-0.2, -0.15) is 0 Å². The second-order valence-corrected chi connectivity index (χ2v) is 4.99. The molecule has 0 aromatic heterocycles. The molecule has 1 aromatic carbocycles. The minimum atomic E-state index is -0.741. The zero-order chi connectivity index (χ0) is 15.0. The number of aromatic hydroxyl groups is 1. The van der Waals surface area contributed by atoms with Crippen molar-refractivity contribution in [2.24, 2.45) is 11.7 Å². The largest absolute Gasteiger partial charge is 0.505 e. The van der Waals surface area contributed by atoms with Gasteiger partial charge in [-0.15, -0.1) is 0 Å². The summed E-state index contributed by atoms with van der Waals surface area (Å²) in [5.41, 5.74) is 5.91. The van der Waals surface area contributed by atoms with Crippen molar-refractivity contribution in [3.8, 4) is 5.75 Å². The summed E-state index contributed by atoms with van der Waals surface area (Å²) in [5.74, 6) is -0.843. The zero-order valence-electron chi connectivity index (χ0n) is 11.9. The lowest BCUT2D eigenvalue weighted by atomic mass is 9.94. The van der Waals surface area contributed by atoms with Crippen LogP contribution < -0.4 is 11.1 Å². The molecule has 0 aliphatic heterocycles. The van der Waals surface area contributed by atoms with E-state index < -0.39 is 11.6 Å². The van der Waals surface area contributed by atoms with Gasteiger partial charge in [-0.05, 0) is 37.4 Å². The number of carbonyl (C=O) groups is 1. The van der Waals surface area contributed by atoms with E-state index in [1.165, 1.54) is 12.1 Å². The number of hydrogen-bond acceptors (Lipinski definition) is 3. The molecule has 0 spiro atoms. The van der Waals surface area contributed by atoms with Crippen LogP contribution in [0, 0.1) is 11.7 Å². The highest BCUT2D eigenvalue weighted by molar-refractivity contribution is 5.90. The molecule has 0 aliphatic carbocycles. The maximum Gasteiger partial charge on any atom is 0.224 e. The quantitative estimate of drug-likeness (QED) is 0.641. The Balaban J connectivity index is 2.44. The highest BCUT2D eigenvalue weighted by Gasteiger charge is 2.11. The third-order valence-corrected chi connectivity index (χ3v) is 3.28. The van der Waals surface area contributed by atoms with E-state index in [4.69, 9.17) is 10.8 Å². The highest BCUT2D eigenvalue weighted by Crippen LogP contribution is 2.21. The normalized spacial score (nSPS) is 12.2. The fourth-order valence-corrected chi connectivity index (χ4v) is 2.22. The molecule has 5 heteroatoms. The molecule has 0 radical (unpaired) electrons. The maximum atomic E-state index is 13.1. The number of hydrogen-bond donors (Lipinski definition) is 3. The number of nitrogens with one attached hydrogen (secondary N) is 1. The van der Waals surface area contributed by atoms with Crippen molar-refractivity contribution in [1.82, 2.24) is 0 Å². The van der Waals surface area contributed by atoms with Crippen molar-refractivity contribution < 1.29 is 14.3 Å². The SMILES string of the molecule is CCCC(CCN)CCC(=O)Nc1ccc(O)c(F)c1. The number of halogens is 1. The molecule has 1 rings (SSSR count). The first-order valence-electron chi connectivity index (χ1n) is 7.05. The van der Waals surface area contributed by atoms with Crippen LogP contribution in [0.25, 0.3) is 0 Å². The molecule has 0 fully saturated rings. The van der Waals surface area contributed by atoms with E-state index in [-0.39, 0.29) is 5.91 Å². The van der Waals surface area contributed by atoms with Gasteiger partial charge in [0.15, 0.2) is 11.6 Å². The molecule has 0 bridgehead atoms. The summed E-state index contributed by atoms with van der Waals surface area (Å²) in [6, 6.07) is 3.80. The molecule has 0 aliphatic rings. The lowest BCUT2D eigenvalue weighted by Gasteiger charge is -2.14. The summed E-state index contributed by atoms with van der Waals surface area (Å²) in [5, 5.41) is 11.7. The minimum Gasteiger partial charge on any atom is -0.505 e. The van der Waals surface area contributed by atoms with E-state index >= 15 is 0 Å². The molecule has 1 unspecified atom stereocenters. The Morgan fingerprint density at radius 1 is 1.40 bits per heavy atom. The lowest BCUT2D eigenvalue weighted by Crippen LogP contribution is -2.15. The fraction of sp³-hybridized carbons (Fsp3) is 0.533. The van der Waals surface area contributed by atoms with E-state index in [9.17, 15) is 9.18 Å². The fourth-order valence-electron chi connectivity index (χ4n) is 2.22. The summed E-state index contributed by atoms with van der Waals surface area (Å²) < 4.78 is 13.1. The van der Waals surface area contributed by atoms with Gasteiger partial charge in [-0.25, -0.2) is 4.39 Å². The van der Waals surface area contributed by atoms with Gasteiger partial charge < -0.3 is 16.2 Å². The van der Waals surface area contributed by atoms with Gasteiger partial charge in [0.2, 0.25) is 5.91 Å². The van der Waals surface area contributed by atoms with Gasteiger partial charge >= 0.3 is 0 Å². The van der Waals surface area contributed by atoms with Crippen LogP contribution in [0.4, 0.5) is 10.1 Å². The Bertz CT molecular complexity index is 432. The van der Waals surface area contributed by atoms with Crippen LogP contribution in [0.5, 0.6) is 5.75 Å². The first-order chi connectivity index (χ1) is 9.56. The molecule has 112 valence electrons. The van der Waals surface area contributed by atoms with Crippen LogP contribution in [0.3, 0.4) is 0 Å². The van der Waals surface area contributed by atoms with Crippen LogP contribution in [-0.4, -0.2) is 17.6 Å². The van der Waals surface area contributed by atoms with Gasteiger partial charge in [0.05, 0.1) is 0 Å². The average molecular weight is 282 g/mol. The molecule has 0 saturated carbocycles. The summed E-state index contributed by atoms with van der Waals surface area (Å²) in [6.45, 7) is 2.75. The number of phenolic OH excluding ortho intramolecular Hbond substituents is 1. The van der Waals surface area contributed by atoms with E-state index in [1.54, 1.807) is 0 Å². The van der Waals surface area contributed by atoms with Crippen molar-refractivity contribution in [2.45, 2.75) is 39.0 Å². The minimum absolute atomic E-state index is 0.145. The topological polar surface area (TPSA) is 75.4 Å². The van der Waals surface area contributed by atoms with Crippen LogP contribution in [0.15, 0.2) is 18.2 Å². The summed E-state index contributed by atoms with van der Waals surface area (Å²) in [6.07, 6.45) is 4.26. The molecule has 0 heterocycles. The number of carbonyl (C=O) groups excluding carboxylic acids is 1. The summed E-state index contributed by atoms with van der Waals surface area (Å²) >= 11 is 0. The van der Waals surface area contributed by atoms with Crippen LogP contribution >= 0.6 is 0 Å². The molecule has 20 heavy (non-hydrogen) atoms. The summed E-state index contributed by atoms with van der Waals surface area (Å²) in [7, 11) is 0. The van der Waals surface area contributed by atoms with Crippen molar-refractivity contribution in [1.29, 1.82) is 0 Å². The Morgan fingerprint density at radius 3 is 2.75 bits per heavy atom. The number of benzene rings is 1. The molecule has 0 saturated heterocycles. The number of amides is 1. The monoisotopic (exact) mass is 282 g/mol. The van der Waals surface area contributed by atoms with Gasteiger partial charge in [0.1, 0.15) is 0 Å². The molecule has 1 amide bonds. The molecule has 1 atom stereocenters. The number of phenols is 1. The van der Waals surface area contributed by atoms with Gasteiger partial charge in [0.25, 0.3) is 0 Å². The second-order valence-electron chi connectivity index (χ2n) is 4.99. The number of rotatable bonds is 8. The third-order valence-electron chi connectivity index (χ3n) is 3.28. The van der Waals surface area contributed by atoms with Crippen molar-refractivity contribution >= 4 is 11.6 Å². The van der Waals surface area contributed by atoms with Crippen LogP contribution in [-0.2, 0) is 4.79 Å². The van der Waals surface area contributed by atoms with Crippen molar-refractivity contribution in [2.75, 3.05) is 11.9 Å². The number of anilines is 1. The summed E-state index contributed by atoms with van der Waals surface area (Å²) in [4.78, 5) is 11.8. The smallest absolute Gasteiger partial charge is 0.224 e. The zero-order valence-corrected chi connectivity index (χ0v) is 11.9. The second kappa shape index (κ2) is 8.53. The standard InChI is InChI=1S/C15H23FN2O2/c1-2-3-11(8-9-17)4-7-15(20)18-12-5-6-14(19)13(16)10-12/h5-6,10-11,19H,2-4,7-9,17H2,1H3,(H,18,20). The van der Waals surface area contributed by atoms with Crippen LogP contribution in [0.1, 0.15) is 39.0 Å². The Labute approximate surface area is 119 Å². The first kappa shape index (κ1) is 16.4. The van der Waals surface area contributed by atoms with Gasteiger partial charge in [-0.1, -0.05) is 19.8 Å². The van der Waals surface area contributed by atoms with Crippen LogP contribution in [0.2, 0.25) is 0 Å². The molecular formula is C15H23FN2O2. The first-order valence-corrected chi connectivity index (χ1v) is 7.05. The lowest BCUT2D eigenvalue weighted by molar-refractivity contribution is -0.116. The predicted octanol–water partition coefficient (Wildman–Crippen LogP) is 3.02. The van der Waals surface area contributed by atoms with Gasteiger partial charge in [0, 0.05) is 18.2 Å². The Kier molecular flexibility index (Phi) is 7.01. The van der Waals surface area contributed by atoms with E-state index in [0.717, 1.165) is 31.7 Å².